The Hall–Kier alpha value is -3.52. The molecule has 0 radical (unpaired) electrons. The molecule has 0 bridgehead atoms. The zero-order valence-electron chi connectivity index (χ0n) is 21.4. The lowest BCUT2D eigenvalue weighted by atomic mass is 10.1. The van der Waals surface area contributed by atoms with Gasteiger partial charge in [0.05, 0.1) is 22.7 Å². The summed E-state index contributed by atoms with van der Waals surface area (Å²) in [7, 11) is 0. The molecule has 198 valence electrons. The number of aromatic nitrogens is 1. The van der Waals surface area contributed by atoms with Crippen molar-refractivity contribution in [2.45, 2.75) is 25.8 Å². The maximum Gasteiger partial charge on any atom is 0.271 e. The summed E-state index contributed by atoms with van der Waals surface area (Å²) in [4.78, 5) is 27.2. The summed E-state index contributed by atoms with van der Waals surface area (Å²) in [6.45, 7) is 4.50. The van der Waals surface area contributed by atoms with Gasteiger partial charge in [-0.05, 0) is 61.4 Å². The first-order chi connectivity index (χ1) is 18.8. The molecule has 3 aromatic carbocycles. The Bertz CT molecular complexity index is 1550. The second kappa shape index (κ2) is 11.7. The number of carbonyl (C=O) groups is 2. The van der Waals surface area contributed by atoms with Gasteiger partial charge in [-0.2, -0.15) is 5.10 Å². The molecule has 0 aliphatic carbocycles. The lowest BCUT2D eigenvalue weighted by molar-refractivity contribution is -0.128. The van der Waals surface area contributed by atoms with E-state index in [2.05, 4.69) is 10.5 Å². The molecule has 1 aliphatic heterocycles. The Kier molecular flexibility index (Phi) is 8.12. The van der Waals surface area contributed by atoms with E-state index in [0.29, 0.717) is 27.9 Å². The lowest BCUT2D eigenvalue weighted by Crippen LogP contribution is -2.27. The van der Waals surface area contributed by atoms with Gasteiger partial charge >= 0.3 is 0 Å². The van der Waals surface area contributed by atoms with E-state index in [4.69, 9.17) is 23.2 Å². The smallest absolute Gasteiger partial charge is 0.271 e. The molecule has 1 saturated heterocycles. The van der Waals surface area contributed by atoms with E-state index < -0.39 is 0 Å². The summed E-state index contributed by atoms with van der Waals surface area (Å²) in [5.41, 5.74) is 8.75. The number of amides is 2. The number of rotatable bonds is 7. The van der Waals surface area contributed by atoms with Gasteiger partial charge in [-0.3, -0.25) is 9.59 Å². The van der Waals surface area contributed by atoms with E-state index >= 15 is 0 Å². The second-order valence-electron chi connectivity index (χ2n) is 9.25. The molecule has 9 heteroatoms. The van der Waals surface area contributed by atoms with Crippen molar-refractivity contribution in [2.75, 3.05) is 5.75 Å². The van der Waals surface area contributed by atoms with E-state index in [9.17, 15) is 9.59 Å². The van der Waals surface area contributed by atoms with Gasteiger partial charge in [0.2, 0.25) is 5.91 Å². The lowest BCUT2D eigenvalue weighted by Gasteiger charge is -2.24. The molecule has 0 spiro atoms. The second-order valence-corrected chi connectivity index (χ2v) is 11.2. The topological polar surface area (TPSA) is 66.7 Å². The number of hydrogen-bond acceptors (Lipinski definition) is 4. The van der Waals surface area contributed by atoms with Crippen LogP contribution < -0.4 is 5.43 Å². The Labute approximate surface area is 241 Å². The summed E-state index contributed by atoms with van der Waals surface area (Å²) in [6.07, 6.45) is 1.62. The SMILES string of the molecule is Cc1cc(/C=N\NC(=O)c2ccc([C@@H]3SCC(=O)N3Cc3ccccc3)cc2)c(C)n1-c1ccc(Cl)cc1Cl. The molecule has 1 aromatic heterocycles. The molecule has 6 nitrogen and oxygen atoms in total. The minimum absolute atomic E-state index is 0.0859. The highest BCUT2D eigenvalue weighted by atomic mass is 35.5. The molecule has 0 unspecified atom stereocenters. The first-order valence-electron chi connectivity index (χ1n) is 12.3. The van der Waals surface area contributed by atoms with Crippen molar-refractivity contribution in [1.82, 2.24) is 14.9 Å². The van der Waals surface area contributed by atoms with Crippen LogP contribution in [0, 0.1) is 13.8 Å². The Morgan fingerprint density at radius 3 is 2.51 bits per heavy atom. The molecule has 39 heavy (non-hydrogen) atoms. The number of thioether (sulfide) groups is 1. The van der Waals surface area contributed by atoms with Gasteiger partial charge in [-0.1, -0.05) is 65.7 Å². The van der Waals surface area contributed by atoms with Crippen LogP contribution in [0.3, 0.4) is 0 Å². The largest absolute Gasteiger partial charge is 0.322 e. The first kappa shape index (κ1) is 27.1. The van der Waals surface area contributed by atoms with Crippen LogP contribution in [0.2, 0.25) is 10.0 Å². The van der Waals surface area contributed by atoms with Crippen molar-refractivity contribution < 1.29 is 9.59 Å². The molecule has 1 aliphatic rings. The van der Waals surface area contributed by atoms with Gasteiger partial charge in [-0.25, -0.2) is 5.43 Å². The van der Waals surface area contributed by atoms with Gasteiger partial charge in [0.1, 0.15) is 5.37 Å². The van der Waals surface area contributed by atoms with Crippen molar-refractivity contribution in [3.63, 3.8) is 0 Å². The molecule has 4 aromatic rings. The van der Waals surface area contributed by atoms with E-state index in [1.807, 2.05) is 77.9 Å². The maximum atomic E-state index is 12.8. The van der Waals surface area contributed by atoms with Gasteiger partial charge < -0.3 is 9.47 Å². The van der Waals surface area contributed by atoms with Crippen LogP contribution >= 0.6 is 35.0 Å². The Morgan fingerprint density at radius 2 is 1.79 bits per heavy atom. The zero-order chi connectivity index (χ0) is 27.5. The van der Waals surface area contributed by atoms with Gasteiger partial charge in [0.25, 0.3) is 5.91 Å². The van der Waals surface area contributed by atoms with E-state index in [-0.39, 0.29) is 17.2 Å². The fourth-order valence-electron chi connectivity index (χ4n) is 4.66. The molecular formula is C30H26Cl2N4O2S. The van der Waals surface area contributed by atoms with E-state index in [1.54, 1.807) is 42.2 Å². The quantitative estimate of drug-likeness (QED) is 0.191. The van der Waals surface area contributed by atoms with Crippen molar-refractivity contribution in [1.29, 1.82) is 0 Å². The molecule has 1 fully saturated rings. The molecular weight excluding hydrogens is 551 g/mol. The van der Waals surface area contributed by atoms with Gasteiger partial charge in [0, 0.05) is 34.1 Å². The number of aryl methyl sites for hydroxylation is 1. The van der Waals surface area contributed by atoms with Crippen molar-refractivity contribution in [3.05, 3.63) is 123 Å². The van der Waals surface area contributed by atoms with Crippen molar-refractivity contribution >= 4 is 53.0 Å². The summed E-state index contributed by atoms with van der Waals surface area (Å²) in [5, 5.41) is 5.22. The standard InChI is InChI=1S/C30H26Cl2N4O2S/c1-19-14-24(20(2)36(19)27-13-12-25(31)15-26(27)32)16-33-34-29(38)22-8-10-23(11-9-22)30-35(28(37)18-39-30)17-21-6-4-3-5-7-21/h3-16,30H,17-18H2,1-2H3,(H,34,38)/b33-16-/t30-/m0/s1. The van der Waals surface area contributed by atoms with Crippen LogP contribution in [-0.2, 0) is 11.3 Å². The average molecular weight is 578 g/mol. The molecule has 1 N–H and O–H groups in total. The van der Waals surface area contributed by atoms with Crippen LogP contribution in [0.4, 0.5) is 0 Å². The highest BCUT2D eigenvalue weighted by Gasteiger charge is 2.32. The molecule has 0 saturated carbocycles. The Balaban J connectivity index is 1.25. The summed E-state index contributed by atoms with van der Waals surface area (Å²) >= 11 is 14.1. The molecule has 2 heterocycles. The monoisotopic (exact) mass is 576 g/mol. The van der Waals surface area contributed by atoms with Gasteiger partial charge in [0.15, 0.2) is 0 Å². The summed E-state index contributed by atoms with van der Waals surface area (Å²) in [6, 6.07) is 24.6. The van der Waals surface area contributed by atoms with Crippen LogP contribution in [0.1, 0.15) is 43.8 Å². The molecule has 2 amide bonds. The Morgan fingerprint density at radius 1 is 1.05 bits per heavy atom. The molecule has 1 atom stereocenters. The third-order valence-electron chi connectivity index (χ3n) is 6.61. The van der Waals surface area contributed by atoms with Crippen molar-refractivity contribution in [2.24, 2.45) is 5.10 Å². The third-order valence-corrected chi connectivity index (χ3v) is 8.41. The predicted octanol–water partition coefficient (Wildman–Crippen LogP) is 6.94. The average Bonchev–Trinajstić information content (AvgIpc) is 3.42. The zero-order valence-corrected chi connectivity index (χ0v) is 23.7. The fourth-order valence-corrected chi connectivity index (χ4v) is 6.34. The highest BCUT2D eigenvalue weighted by molar-refractivity contribution is 8.00. The summed E-state index contributed by atoms with van der Waals surface area (Å²) < 4.78 is 2.02. The summed E-state index contributed by atoms with van der Waals surface area (Å²) in [5.74, 6) is 0.241. The fraction of sp³-hybridized carbons (Fsp3) is 0.167. The number of benzene rings is 3. The minimum Gasteiger partial charge on any atom is -0.322 e. The highest BCUT2D eigenvalue weighted by Crippen LogP contribution is 2.39. The number of hydrogen-bond donors (Lipinski definition) is 1. The van der Waals surface area contributed by atoms with Crippen LogP contribution in [0.15, 0.2) is 84.0 Å². The molecule has 5 rings (SSSR count). The number of carbonyl (C=O) groups excluding carboxylic acids is 2. The normalized spacial score (nSPS) is 15.3. The maximum absolute atomic E-state index is 12.8. The first-order valence-corrected chi connectivity index (χ1v) is 14.1. The number of nitrogens with one attached hydrogen (secondary N) is 1. The van der Waals surface area contributed by atoms with Crippen LogP contribution in [0.5, 0.6) is 0 Å². The van der Waals surface area contributed by atoms with E-state index in [1.165, 1.54) is 0 Å². The van der Waals surface area contributed by atoms with E-state index in [0.717, 1.165) is 33.8 Å². The number of nitrogens with zero attached hydrogens (tertiary/aromatic N) is 3. The number of hydrazone groups is 1. The van der Waals surface area contributed by atoms with Crippen LogP contribution in [-0.4, -0.2) is 33.2 Å². The predicted molar refractivity (Wildman–Crippen MR) is 159 cm³/mol. The van der Waals surface area contributed by atoms with Crippen molar-refractivity contribution in [3.8, 4) is 5.69 Å². The number of halogens is 2. The van der Waals surface area contributed by atoms with Gasteiger partial charge in [-0.15, -0.1) is 11.8 Å². The third kappa shape index (κ3) is 5.91. The van der Waals surface area contributed by atoms with Crippen LogP contribution in [0.25, 0.3) is 5.69 Å². The minimum atomic E-state index is -0.316.